The molecule has 1 fully saturated rings. The number of carbonyl (C=O) groups is 2. The Hall–Kier alpha value is -7.07. The first kappa shape index (κ1) is 43.0. The fourth-order valence-electron chi connectivity index (χ4n) is 7.52. The van der Waals surface area contributed by atoms with Crippen LogP contribution in [0.15, 0.2) is 146 Å². The average Bonchev–Trinajstić information content (AvgIpc) is 3.81. The van der Waals surface area contributed by atoms with E-state index in [9.17, 15) is 14.0 Å². The molecule has 1 saturated heterocycles. The molecule has 0 spiro atoms. The summed E-state index contributed by atoms with van der Waals surface area (Å²) < 4.78 is 26.9. The van der Waals surface area contributed by atoms with Gasteiger partial charge in [0.15, 0.2) is 0 Å². The lowest BCUT2D eigenvalue weighted by Crippen LogP contribution is -2.55. The van der Waals surface area contributed by atoms with Gasteiger partial charge in [-0.2, -0.15) is 0 Å². The summed E-state index contributed by atoms with van der Waals surface area (Å²) in [4.78, 5) is 27.9. The van der Waals surface area contributed by atoms with E-state index in [0.717, 1.165) is 65.8 Å². The highest BCUT2D eigenvalue weighted by molar-refractivity contribution is 6.03. The number of carbonyl (C=O) groups excluding carboxylic acids is 2. The number of halogens is 1. The third-order valence-corrected chi connectivity index (χ3v) is 10.7. The van der Waals surface area contributed by atoms with Crippen molar-refractivity contribution in [2.24, 2.45) is 5.92 Å². The third-order valence-electron chi connectivity index (χ3n) is 10.7. The van der Waals surface area contributed by atoms with Crippen LogP contribution in [-0.4, -0.2) is 33.5 Å². The Balaban J connectivity index is 0.998. The molecule has 0 radical (unpaired) electrons. The van der Waals surface area contributed by atoms with E-state index in [2.05, 4.69) is 94.7 Å². The van der Waals surface area contributed by atoms with Crippen molar-refractivity contribution in [2.45, 2.75) is 70.7 Å². The Morgan fingerprint density at radius 3 is 2.39 bits per heavy atom. The molecule has 0 aliphatic carbocycles. The number of hydrogen-bond acceptors (Lipinski definition) is 6. The number of benzene rings is 5. The first-order chi connectivity index (χ1) is 30.4. The lowest BCUT2D eigenvalue weighted by molar-refractivity contribution is -0.147. The Morgan fingerprint density at radius 1 is 0.855 bits per heavy atom. The molecular weight excluding hydrogens is 776 g/mol. The lowest BCUT2D eigenvalue weighted by atomic mass is 9.78. The van der Waals surface area contributed by atoms with Gasteiger partial charge in [0.25, 0.3) is 0 Å². The summed E-state index contributed by atoms with van der Waals surface area (Å²) in [7, 11) is 0. The Bertz CT molecular complexity index is 2530. The Kier molecular flexibility index (Phi) is 15.2. The van der Waals surface area contributed by atoms with Crippen molar-refractivity contribution in [1.29, 1.82) is 0 Å². The number of β-lactam (4-membered cyclic amide) rings is 1. The molecule has 0 bridgehead atoms. The van der Waals surface area contributed by atoms with E-state index >= 15 is 0 Å². The summed E-state index contributed by atoms with van der Waals surface area (Å²) >= 11 is 0. The van der Waals surface area contributed by atoms with E-state index in [0.29, 0.717) is 31.6 Å². The second kappa shape index (κ2) is 22.0. The van der Waals surface area contributed by atoms with E-state index in [4.69, 9.17) is 9.47 Å². The largest absolute Gasteiger partial charge is 0.458 e. The van der Waals surface area contributed by atoms with Crippen molar-refractivity contribution in [3.63, 3.8) is 0 Å². The fraction of sp³-hybridized carbons (Fsp3) is 0.245. The molecule has 1 aliphatic heterocycles. The van der Waals surface area contributed by atoms with Gasteiger partial charge in [-0.25, -0.2) is 9.07 Å². The highest BCUT2D eigenvalue weighted by atomic mass is 19.1. The van der Waals surface area contributed by atoms with Crippen LogP contribution in [0.4, 0.5) is 10.1 Å². The van der Waals surface area contributed by atoms with Gasteiger partial charge in [-0.05, 0) is 102 Å². The molecule has 7 rings (SSSR count). The third kappa shape index (κ3) is 12.0. The summed E-state index contributed by atoms with van der Waals surface area (Å²) in [5, 5.41) is 7.76. The van der Waals surface area contributed by atoms with Crippen LogP contribution in [0.3, 0.4) is 0 Å². The van der Waals surface area contributed by atoms with Crippen molar-refractivity contribution in [1.82, 2.24) is 15.0 Å². The van der Waals surface area contributed by atoms with Gasteiger partial charge in [0.1, 0.15) is 18.5 Å². The summed E-state index contributed by atoms with van der Waals surface area (Å²) in [5.41, 5.74) is 7.69. The molecule has 1 aliphatic rings. The number of aromatic nitrogens is 3. The zero-order valence-electron chi connectivity index (χ0n) is 34.8. The highest BCUT2D eigenvalue weighted by Crippen LogP contribution is 2.46. The van der Waals surface area contributed by atoms with Gasteiger partial charge < -0.3 is 14.4 Å². The van der Waals surface area contributed by atoms with Crippen LogP contribution in [-0.2, 0) is 38.6 Å². The summed E-state index contributed by atoms with van der Waals surface area (Å²) in [6, 6.07) is 40.2. The molecule has 6 aromatic rings. The minimum Gasteiger partial charge on any atom is -0.458 e. The standard InChI is InChI=1S/C53H49FN4O4/c1-40(59)62-51(46-27-29-48(54)30-28-46)34-33-50-52(58(53(50)60)49-31-23-42(24-32-49)16-12-36-57-37-35-55-56-57)47-25-21-41(22-26-47)15-11-20-45-19-9-8-18-44(45)17-7-2-3-10-38-61-39-43-13-5-4-6-14-43/h4-6,8-9,11,13-14,18-32,35,37,50-52H,2-3,10,15,33-34,36,38-39H2,1H3/b20-11+/t50-,51+,52-/m1/s1. The number of rotatable bonds is 17. The predicted octanol–water partition coefficient (Wildman–Crippen LogP) is 10.3. The summed E-state index contributed by atoms with van der Waals surface area (Å²) in [6.07, 6.45) is 11.4. The molecule has 1 amide bonds. The van der Waals surface area contributed by atoms with Crippen molar-refractivity contribution in [3.8, 4) is 23.7 Å². The van der Waals surface area contributed by atoms with E-state index in [1.807, 2.05) is 59.5 Å². The average molecular weight is 825 g/mol. The van der Waals surface area contributed by atoms with Crippen LogP contribution in [0.25, 0.3) is 6.08 Å². The van der Waals surface area contributed by atoms with Crippen molar-refractivity contribution >= 4 is 23.6 Å². The van der Waals surface area contributed by atoms with Gasteiger partial charge in [-0.1, -0.05) is 126 Å². The quantitative estimate of drug-likeness (QED) is 0.0394. The maximum Gasteiger partial charge on any atom is 0.303 e. The molecule has 3 atom stereocenters. The maximum absolute atomic E-state index is 14.0. The number of ether oxygens (including phenoxy) is 2. The number of allylic oxidation sites excluding steroid dienone is 1. The van der Waals surface area contributed by atoms with Crippen molar-refractivity contribution in [3.05, 3.63) is 191 Å². The number of hydrogen-bond donors (Lipinski definition) is 0. The first-order valence-corrected chi connectivity index (χ1v) is 21.0. The number of nitrogens with zero attached hydrogens (tertiary/aromatic N) is 4. The van der Waals surface area contributed by atoms with Crippen LogP contribution >= 0.6 is 0 Å². The van der Waals surface area contributed by atoms with E-state index in [1.165, 1.54) is 24.6 Å². The molecule has 9 heteroatoms. The maximum atomic E-state index is 14.0. The molecule has 1 aromatic heterocycles. The number of esters is 1. The van der Waals surface area contributed by atoms with Gasteiger partial charge >= 0.3 is 5.97 Å². The molecule has 0 saturated carbocycles. The number of unbranched alkanes of at least 4 members (excludes halogenated alkanes) is 2. The Labute approximate surface area is 363 Å². The second-order valence-electron chi connectivity index (χ2n) is 15.2. The fourth-order valence-corrected chi connectivity index (χ4v) is 7.52. The molecule has 62 heavy (non-hydrogen) atoms. The summed E-state index contributed by atoms with van der Waals surface area (Å²) in [5.74, 6) is 11.8. The first-order valence-electron chi connectivity index (χ1n) is 21.0. The minimum absolute atomic E-state index is 0.0117. The van der Waals surface area contributed by atoms with E-state index in [1.54, 1.807) is 29.2 Å². The van der Waals surface area contributed by atoms with Gasteiger partial charge in [0.2, 0.25) is 5.91 Å². The second-order valence-corrected chi connectivity index (χ2v) is 15.2. The lowest BCUT2D eigenvalue weighted by Gasteiger charge is -2.48. The number of amides is 1. The van der Waals surface area contributed by atoms with Crippen LogP contribution in [0.1, 0.15) is 90.1 Å². The normalized spacial score (nSPS) is 14.9. The zero-order valence-corrected chi connectivity index (χ0v) is 34.8. The van der Waals surface area contributed by atoms with Gasteiger partial charge in [0.05, 0.1) is 24.8 Å². The molecule has 5 aromatic carbocycles. The minimum atomic E-state index is -0.605. The molecule has 2 heterocycles. The number of anilines is 1. The Morgan fingerprint density at radius 2 is 1.63 bits per heavy atom. The molecule has 312 valence electrons. The molecule has 0 unspecified atom stereocenters. The monoisotopic (exact) mass is 824 g/mol. The van der Waals surface area contributed by atoms with Crippen LogP contribution in [0.5, 0.6) is 0 Å². The zero-order chi connectivity index (χ0) is 42.9. The van der Waals surface area contributed by atoms with Crippen LogP contribution in [0, 0.1) is 35.4 Å². The molecule has 0 N–H and O–H groups in total. The molecule has 8 nitrogen and oxygen atoms in total. The smallest absolute Gasteiger partial charge is 0.303 e. The summed E-state index contributed by atoms with van der Waals surface area (Å²) in [6.45, 7) is 3.14. The van der Waals surface area contributed by atoms with E-state index in [-0.39, 0.29) is 23.7 Å². The van der Waals surface area contributed by atoms with Crippen molar-refractivity contribution < 1.29 is 23.5 Å². The molecular formula is C53H49FN4O4. The van der Waals surface area contributed by atoms with Gasteiger partial charge in [-0.3, -0.25) is 9.59 Å². The van der Waals surface area contributed by atoms with Gasteiger partial charge in [-0.15, -0.1) is 5.10 Å². The van der Waals surface area contributed by atoms with Crippen LogP contribution < -0.4 is 4.90 Å². The van der Waals surface area contributed by atoms with Gasteiger partial charge in [0, 0.05) is 43.0 Å². The van der Waals surface area contributed by atoms with E-state index < -0.39 is 12.1 Å². The SMILES string of the molecule is CC(=O)O[C@@H](CC[C@H]1C(=O)N(c2ccc(C#CCn3ccnn3)cc2)[C@@H]1c1ccc(C/C=C/c2ccccc2C#CCCCCOCc2ccccc2)cc1)c1ccc(F)cc1. The topological polar surface area (TPSA) is 86.6 Å². The highest BCUT2D eigenvalue weighted by Gasteiger charge is 2.48. The van der Waals surface area contributed by atoms with Crippen LogP contribution in [0.2, 0.25) is 0 Å². The van der Waals surface area contributed by atoms with Crippen molar-refractivity contribution in [2.75, 3.05) is 11.5 Å². The predicted molar refractivity (Wildman–Crippen MR) is 240 cm³/mol.